The zero-order chi connectivity index (χ0) is 16.2. The van der Waals surface area contributed by atoms with Crippen LogP contribution >= 0.6 is 0 Å². The van der Waals surface area contributed by atoms with Crippen molar-refractivity contribution in [3.05, 3.63) is 5.53 Å². The summed E-state index contributed by atoms with van der Waals surface area (Å²) in [5.74, 6) is -0.710. The molecule has 0 radical (unpaired) electrons. The van der Waals surface area contributed by atoms with Gasteiger partial charge in [0.25, 0.3) is 5.78 Å². The second-order valence-electron chi connectivity index (χ2n) is 5.61. The molecule has 0 aromatic carbocycles. The summed E-state index contributed by atoms with van der Waals surface area (Å²) >= 11 is 0. The van der Waals surface area contributed by atoms with Crippen LogP contribution in [0, 0.1) is 0 Å². The fraction of sp³-hybridized carbons (Fsp3) is 0.667. The predicted octanol–water partition coefficient (Wildman–Crippen LogP) is 0.502. The van der Waals surface area contributed by atoms with Gasteiger partial charge in [-0.1, -0.05) is 0 Å². The number of ether oxygens (including phenoxy) is 1. The van der Waals surface area contributed by atoms with Crippen molar-refractivity contribution in [2.24, 2.45) is 0 Å². The Kier molecular flexibility index (Phi) is 5.04. The lowest BCUT2D eigenvalue weighted by atomic mass is 10.1. The monoisotopic (exact) mass is 298 g/mol. The highest BCUT2D eigenvalue weighted by Crippen LogP contribution is 2.19. The highest BCUT2D eigenvalue weighted by molar-refractivity contribution is 6.28. The molecule has 9 nitrogen and oxygen atoms in total. The maximum absolute atomic E-state index is 11.8. The van der Waals surface area contributed by atoms with Crippen LogP contribution in [0.3, 0.4) is 0 Å². The van der Waals surface area contributed by atoms with E-state index in [4.69, 9.17) is 15.4 Å². The average molecular weight is 298 g/mol. The van der Waals surface area contributed by atoms with Gasteiger partial charge in [-0.25, -0.2) is 9.59 Å². The van der Waals surface area contributed by atoms with Gasteiger partial charge in [0.05, 0.1) is 6.04 Å². The minimum atomic E-state index is -1.28. The smallest absolute Gasteiger partial charge is 0.408 e. The van der Waals surface area contributed by atoms with Gasteiger partial charge in [-0.3, -0.25) is 9.69 Å². The number of Topliss-reactive ketones (excluding diaryl/α,β-unsaturated/α-hetero) is 1. The number of alkyl carbamates (subject to hydrolysis) is 1. The molecule has 0 aromatic heterocycles. The van der Waals surface area contributed by atoms with Gasteiger partial charge in [-0.2, -0.15) is 4.79 Å². The van der Waals surface area contributed by atoms with E-state index < -0.39 is 35.7 Å². The number of rotatable bonds is 3. The summed E-state index contributed by atoms with van der Waals surface area (Å²) in [7, 11) is 0. The molecule has 2 atom stereocenters. The Labute approximate surface area is 121 Å². The molecule has 9 heteroatoms. The highest BCUT2D eigenvalue weighted by atomic mass is 16.6. The molecule has 0 aliphatic carbocycles. The molecule has 1 saturated heterocycles. The second-order valence-corrected chi connectivity index (χ2v) is 5.61. The Balaban J connectivity index is 2.85. The Bertz CT molecular complexity index is 492. The molecule has 2 N–H and O–H groups in total. The maximum Gasteiger partial charge on any atom is 0.408 e. The Morgan fingerprint density at radius 2 is 2.05 bits per heavy atom. The fourth-order valence-corrected chi connectivity index (χ4v) is 2.10. The molecule has 0 bridgehead atoms. The van der Waals surface area contributed by atoms with Crippen LogP contribution in [0.4, 0.5) is 9.59 Å². The number of nitrogens with zero attached hydrogens (tertiary/aromatic N) is 3. The first-order chi connectivity index (χ1) is 9.65. The van der Waals surface area contributed by atoms with Gasteiger partial charge in [-0.15, -0.1) is 0 Å². The molecule has 1 rings (SSSR count). The topological polar surface area (TPSA) is 132 Å². The van der Waals surface area contributed by atoms with Gasteiger partial charge in [0, 0.05) is 6.54 Å². The van der Waals surface area contributed by atoms with Gasteiger partial charge < -0.3 is 20.7 Å². The second kappa shape index (κ2) is 6.36. The summed E-state index contributed by atoms with van der Waals surface area (Å²) in [6, 6.07) is -1.87. The van der Waals surface area contributed by atoms with E-state index in [0.717, 1.165) is 4.90 Å². The van der Waals surface area contributed by atoms with Crippen molar-refractivity contribution < 1.29 is 29.0 Å². The molecule has 1 fully saturated rings. The first-order valence-corrected chi connectivity index (χ1v) is 6.36. The number of hydrogen-bond acceptors (Lipinski definition) is 4. The van der Waals surface area contributed by atoms with E-state index in [1.54, 1.807) is 20.8 Å². The third-order valence-electron chi connectivity index (χ3n) is 2.82. The van der Waals surface area contributed by atoms with Crippen LogP contribution in [-0.2, 0) is 9.53 Å². The predicted molar refractivity (Wildman–Crippen MR) is 71.0 cm³/mol. The third-order valence-corrected chi connectivity index (χ3v) is 2.82. The standard InChI is InChI=1S/C12H18N4O5/c1-12(2,3)21-10(18)15-7-4-5-16(11(19)20)9(7)8(17)6-14-13/h6-7,9H,4-5H2,1-3H3,(H,15,18)(H,19,20)/t7-,9+/m1/s1. The van der Waals surface area contributed by atoms with Gasteiger partial charge in [0.1, 0.15) is 11.6 Å². The Hall–Kier alpha value is -2.41. The van der Waals surface area contributed by atoms with Crippen molar-refractivity contribution in [1.29, 1.82) is 0 Å². The van der Waals surface area contributed by atoms with Crippen LogP contribution < -0.4 is 5.32 Å². The van der Waals surface area contributed by atoms with Crippen molar-refractivity contribution >= 4 is 24.2 Å². The zero-order valence-corrected chi connectivity index (χ0v) is 12.1. The first-order valence-electron chi connectivity index (χ1n) is 6.36. The van der Waals surface area contributed by atoms with Crippen molar-refractivity contribution in [3.8, 4) is 0 Å². The van der Waals surface area contributed by atoms with E-state index in [0.29, 0.717) is 6.21 Å². The van der Waals surface area contributed by atoms with E-state index in [1.165, 1.54) is 0 Å². The molecule has 0 aromatic rings. The number of carbonyl (C=O) groups is 3. The molecule has 2 amide bonds. The van der Waals surface area contributed by atoms with Gasteiger partial charge in [-0.05, 0) is 27.2 Å². The summed E-state index contributed by atoms with van der Waals surface area (Å²) in [6.07, 6.45) is -1.14. The molecule has 0 saturated carbocycles. The van der Waals surface area contributed by atoms with Crippen molar-refractivity contribution in [3.63, 3.8) is 0 Å². The number of amides is 2. The molecule has 116 valence electrons. The minimum absolute atomic E-state index is 0.0888. The summed E-state index contributed by atoms with van der Waals surface area (Å²) in [5, 5.41) is 11.5. The third kappa shape index (κ3) is 4.57. The summed E-state index contributed by atoms with van der Waals surface area (Å²) in [6.45, 7) is 5.15. The Morgan fingerprint density at radius 1 is 1.43 bits per heavy atom. The van der Waals surface area contributed by atoms with Crippen LogP contribution in [0.25, 0.3) is 5.53 Å². The average Bonchev–Trinajstić information content (AvgIpc) is 2.70. The molecule has 1 aliphatic heterocycles. The van der Waals surface area contributed by atoms with Crippen LogP contribution in [0.15, 0.2) is 0 Å². The van der Waals surface area contributed by atoms with Gasteiger partial charge >= 0.3 is 18.4 Å². The van der Waals surface area contributed by atoms with Crippen LogP contribution in [0.1, 0.15) is 27.2 Å². The first kappa shape index (κ1) is 16.6. The lowest BCUT2D eigenvalue weighted by molar-refractivity contribution is -0.120. The number of hydrogen-bond donors (Lipinski definition) is 2. The number of ketones is 1. The van der Waals surface area contributed by atoms with Crippen molar-refractivity contribution in [2.45, 2.75) is 44.9 Å². The molecule has 0 unspecified atom stereocenters. The number of carbonyl (C=O) groups excluding carboxylic acids is 2. The normalized spacial score (nSPS) is 21.4. The van der Waals surface area contributed by atoms with E-state index in [2.05, 4.69) is 10.1 Å². The summed E-state index contributed by atoms with van der Waals surface area (Å²) in [4.78, 5) is 38.2. The van der Waals surface area contributed by atoms with Gasteiger partial charge in [0.2, 0.25) is 0 Å². The highest BCUT2D eigenvalue weighted by Gasteiger charge is 2.43. The summed E-state index contributed by atoms with van der Waals surface area (Å²) < 4.78 is 5.07. The molecule has 1 aliphatic rings. The van der Waals surface area contributed by atoms with Crippen LogP contribution in [0.5, 0.6) is 0 Å². The molecular weight excluding hydrogens is 280 g/mol. The van der Waals surface area contributed by atoms with Crippen molar-refractivity contribution in [1.82, 2.24) is 10.2 Å². The van der Waals surface area contributed by atoms with E-state index in [-0.39, 0.29) is 13.0 Å². The lowest BCUT2D eigenvalue weighted by Crippen LogP contribution is -2.52. The largest absolute Gasteiger partial charge is 0.465 e. The Morgan fingerprint density at radius 3 is 2.52 bits per heavy atom. The number of carboxylic acid groups (broad SMARTS) is 1. The fourth-order valence-electron chi connectivity index (χ4n) is 2.10. The van der Waals surface area contributed by atoms with E-state index in [1.807, 2.05) is 0 Å². The molecule has 0 spiro atoms. The number of likely N-dealkylation sites (tertiary alicyclic amines) is 1. The maximum atomic E-state index is 11.8. The van der Waals surface area contributed by atoms with E-state index in [9.17, 15) is 14.4 Å². The minimum Gasteiger partial charge on any atom is -0.465 e. The number of nitrogens with one attached hydrogen (secondary N) is 1. The molecular formula is C12H18N4O5. The van der Waals surface area contributed by atoms with Crippen LogP contribution in [-0.4, -0.2) is 63.2 Å². The van der Waals surface area contributed by atoms with E-state index >= 15 is 0 Å². The van der Waals surface area contributed by atoms with Gasteiger partial charge in [0.15, 0.2) is 0 Å². The SMILES string of the molecule is CC(C)(C)OC(=O)N[C@@H]1CCN(C(=O)O)[C@@H]1C(=O)C=[N+]=[N-]. The quantitative estimate of drug-likeness (QED) is 0.445. The summed E-state index contributed by atoms with van der Waals surface area (Å²) in [5.41, 5.74) is 7.71. The van der Waals surface area contributed by atoms with Crippen LogP contribution in [0.2, 0.25) is 0 Å². The molecule has 1 heterocycles. The van der Waals surface area contributed by atoms with Crippen molar-refractivity contribution in [2.75, 3.05) is 6.54 Å². The molecule has 21 heavy (non-hydrogen) atoms. The zero-order valence-electron chi connectivity index (χ0n) is 12.1. The lowest BCUT2D eigenvalue weighted by Gasteiger charge is -2.25.